The minimum atomic E-state index is -0.681. The van der Waals surface area contributed by atoms with Crippen molar-refractivity contribution < 1.29 is 9.90 Å². The molecule has 0 rings (SSSR count). The van der Waals surface area contributed by atoms with Gasteiger partial charge in [-0.25, -0.2) is 0 Å². The fourth-order valence-corrected chi connectivity index (χ4v) is 2.57. The number of carboxylic acids is 1. The van der Waals surface area contributed by atoms with Crippen LogP contribution in [0.25, 0.3) is 0 Å². The van der Waals surface area contributed by atoms with Crippen LogP contribution < -0.4 is 0 Å². The summed E-state index contributed by atoms with van der Waals surface area (Å²) in [4.78, 5) is 10.7. The predicted molar refractivity (Wildman–Crippen MR) is 99.6 cm³/mol. The number of alkyl halides is 1. The first kappa shape index (κ1) is 21.2. The highest BCUT2D eigenvalue weighted by atomic mass is 79.9. The molecule has 0 aromatic heterocycles. The van der Waals surface area contributed by atoms with Gasteiger partial charge in [0.1, 0.15) is 0 Å². The van der Waals surface area contributed by atoms with Crippen LogP contribution in [0.1, 0.15) is 70.6 Å². The van der Waals surface area contributed by atoms with E-state index < -0.39 is 5.97 Å². The van der Waals surface area contributed by atoms with Crippen LogP contribution in [0.3, 0.4) is 0 Å². The molecule has 1 atom stereocenters. The molecular formula is C19H31BrO2. The lowest BCUT2D eigenvalue weighted by atomic mass is 10.1. The fourth-order valence-electron chi connectivity index (χ4n) is 2.14. The second kappa shape index (κ2) is 16.5. The Morgan fingerprint density at radius 1 is 0.909 bits per heavy atom. The quantitative estimate of drug-likeness (QED) is 0.205. The molecule has 0 spiro atoms. The van der Waals surface area contributed by atoms with Gasteiger partial charge in [0.2, 0.25) is 0 Å². The molecule has 0 amide bonds. The molecule has 0 aromatic rings. The van der Waals surface area contributed by atoms with Crippen LogP contribution in [0.5, 0.6) is 0 Å². The lowest BCUT2D eigenvalue weighted by Gasteiger charge is -1.99. The topological polar surface area (TPSA) is 37.3 Å². The van der Waals surface area contributed by atoms with Crippen LogP contribution in [0.15, 0.2) is 37.0 Å². The fraction of sp³-hybridized carbons (Fsp3) is 0.632. The number of allylic oxidation sites excluding steroid dienone is 5. The molecule has 0 heterocycles. The number of halogens is 1. The van der Waals surface area contributed by atoms with Crippen molar-refractivity contribution in [3.8, 4) is 0 Å². The molecule has 1 N–H and O–H groups in total. The molecule has 0 aliphatic carbocycles. The maximum absolute atomic E-state index is 10.4. The Hall–Kier alpha value is -0.830. The molecule has 0 bridgehead atoms. The SMILES string of the molecule is C=CCCCC/C=C\C(Br)/C=C\CCCCCCCC(=O)O. The predicted octanol–water partition coefficient (Wildman–Crippen LogP) is 6.42. The molecular weight excluding hydrogens is 340 g/mol. The van der Waals surface area contributed by atoms with Gasteiger partial charge in [-0.1, -0.05) is 65.6 Å². The largest absolute Gasteiger partial charge is 0.481 e. The third-order valence-electron chi connectivity index (χ3n) is 3.43. The molecule has 126 valence electrons. The first-order chi connectivity index (χ1) is 10.7. The van der Waals surface area contributed by atoms with E-state index in [-0.39, 0.29) is 0 Å². The summed E-state index contributed by atoms with van der Waals surface area (Å²) in [6.07, 6.45) is 22.4. The normalized spacial score (nSPS) is 13.0. The van der Waals surface area contributed by atoms with Gasteiger partial charge in [0.05, 0.1) is 4.83 Å². The standard InChI is InChI=1S/C19H31BrO2/c1-2-3-4-5-9-12-15-18(20)16-13-10-7-6-8-11-14-17-19(21)22/h2,12-13,15-16,18H,1,3-11,14,17H2,(H,21,22)/b15-12-,16-13-. The highest BCUT2D eigenvalue weighted by molar-refractivity contribution is 9.09. The zero-order valence-corrected chi connectivity index (χ0v) is 15.3. The van der Waals surface area contributed by atoms with Crippen LogP contribution in [0.4, 0.5) is 0 Å². The van der Waals surface area contributed by atoms with Gasteiger partial charge < -0.3 is 5.11 Å². The van der Waals surface area contributed by atoms with Crippen LogP contribution in [0, 0.1) is 0 Å². The highest BCUT2D eigenvalue weighted by Crippen LogP contribution is 2.10. The number of rotatable bonds is 15. The summed E-state index contributed by atoms with van der Waals surface area (Å²) in [6.45, 7) is 3.72. The average molecular weight is 371 g/mol. The second-order valence-corrected chi connectivity index (χ2v) is 6.63. The van der Waals surface area contributed by atoms with Crippen molar-refractivity contribution in [2.45, 2.75) is 75.5 Å². The zero-order valence-electron chi connectivity index (χ0n) is 13.7. The Morgan fingerprint density at radius 2 is 1.41 bits per heavy atom. The Bertz CT molecular complexity index is 334. The summed E-state index contributed by atoms with van der Waals surface area (Å²) in [5.41, 5.74) is 0. The van der Waals surface area contributed by atoms with E-state index in [1.54, 1.807) is 0 Å². The molecule has 1 unspecified atom stereocenters. The maximum Gasteiger partial charge on any atom is 0.303 e. The van der Waals surface area contributed by atoms with Gasteiger partial charge >= 0.3 is 5.97 Å². The Kier molecular flexibility index (Phi) is 15.9. The van der Waals surface area contributed by atoms with Gasteiger partial charge in [-0.15, -0.1) is 6.58 Å². The van der Waals surface area contributed by atoms with E-state index in [9.17, 15) is 4.79 Å². The second-order valence-electron chi connectivity index (χ2n) is 5.57. The van der Waals surface area contributed by atoms with Crippen molar-refractivity contribution >= 4 is 21.9 Å². The molecule has 3 heteroatoms. The van der Waals surface area contributed by atoms with Crippen LogP contribution >= 0.6 is 15.9 Å². The number of carbonyl (C=O) groups is 1. The van der Waals surface area contributed by atoms with E-state index >= 15 is 0 Å². The van der Waals surface area contributed by atoms with E-state index in [4.69, 9.17) is 5.11 Å². The minimum Gasteiger partial charge on any atom is -0.481 e. The maximum atomic E-state index is 10.4. The molecule has 0 saturated carbocycles. The summed E-state index contributed by atoms with van der Waals surface area (Å²) in [5, 5.41) is 8.53. The molecule has 0 fully saturated rings. The Labute approximate surface area is 144 Å². The third kappa shape index (κ3) is 17.2. The summed E-state index contributed by atoms with van der Waals surface area (Å²) in [6, 6.07) is 0. The van der Waals surface area contributed by atoms with Crippen molar-refractivity contribution in [3.63, 3.8) is 0 Å². The van der Waals surface area contributed by atoms with Crippen molar-refractivity contribution in [2.75, 3.05) is 0 Å². The number of aliphatic carboxylic acids is 1. The Morgan fingerprint density at radius 3 is 2.00 bits per heavy atom. The van der Waals surface area contributed by atoms with E-state index in [2.05, 4.69) is 46.8 Å². The van der Waals surface area contributed by atoms with Crippen molar-refractivity contribution in [1.82, 2.24) is 0 Å². The third-order valence-corrected chi connectivity index (χ3v) is 4.04. The minimum absolute atomic E-state index is 0.311. The van der Waals surface area contributed by atoms with E-state index in [1.807, 2.05) is 6.08 Å². The van der Waals surface area contributed by atoms with Crippen LogP contribution in [-0.4, -0.2) is 15.9 Å². The van der Waals surface area contributed by atoms with Crippen molar-refractivity contribution in [3.05, 3.63) is 37.0 Å². The number of hydrogen-bond donors (Lipinski definition) is 1. The Balaban J connectivity index is 3.41. The smallest absolute Gasteiger partial charge is 0.303 e. The number of hydrogen-bond acceptors (Lipinski definition) is 1. The van der Waals surface area contributed by atoms with Crippen molar-refractivity contribution in [2.24, 2.45) is 0 Å². The number of carboxylic acid groups (broad SMARTS) is 1. The lowest BCUT2D eigenvalue weighted by Crippen LogP contribution is -1.93. The van der Waals surface area contributed by atoms with E-state index in [0.29, 0.717) is 11.2 Å². The first-order valence-corrected chi connectivity index (χ1v) is 9.38. The van der Waals surface area contributed by atoms with E-state index in [1.165, 1.54) is 25.7 Å². The molecule has 2 nitrogen and oxygen atoms in total. The molecule has 22 heavy (non-hydrogen) atoms. The van der Waals surface area contributed by atoms with Crippen molar-refractivity contribution in [1.29, 1.82) is 0 Å². The molecule has 0 aliphatic heterocycles. The van der Waals surface area contributed by atoms with Gasteiger partial charge in [-0.2, -0.15) is 0 Å². The average Bonchev–Trinajstić information content (AvgIpc) is 2.48. The summed E-state index contributed by atoms with van der Waals surface area (Å²) in [7, 11) is 0. The van der Waals surface area contributed by atoms with Gasteiger partial charge in [-0.05, 0) is 44.9 Å². The summed E-state index contributed by atoms with van der Waals surface area (Å²) < 4.78 is 0. The molecule has 0 aliphatic rings. The molecule has 0 saturated heterocycles. The van der Waals surface area contributed by atoms with Crippen LogP contribution in [-0.2, 0) is 4.79 Å². The summed E-state index contributed by atoms with van der Waals surface area (Å²) in [5.74, 6) is -0.681. The van der Waals surface area contributed by atoms with E-state index in [0.717, 1.165) is 38.5 Å². The lowest BCUT2D eigenvalue weighted by molar-refractivity contribution is -0.137. The van der Waals surface area contributed by atoms with Gasteiger partial charge in [0.15, 0.2) is 0 Å². The zero-order chi connectivity index (χ0) is 16.5. The van der Waals surface area contributed by atoms with Gasteiger partial charge in [0, 0.05) is 6.42 Å². The van der Waals surface area contributed by atoms with Gasteiger partial charge in [-0.3, -0.25) is 4.79 Å². The molecule has 0 aromatic carbocycles. The highest BCUT2D eigenvalue weighted by Gasteiger charge is 1.96. The molecule has 0 radical (unpaired) electrons. The monoisotopic (exact) mass is 370 g/mol. The van der Waals surface area contributed by atoms with Crippen LogP contribution in [0.2, 0.25) is 0 Å². The number of unbranched alkanes of at least 4 members (excludes halogenated alkanes) is 8. The van der Waals surface area contributed by atoms with Gasteiger partial charge in [0.25, 0.3) is 0 Å². The first-order valence-electron chi connectivity index (χ1n) is 8.47. The summed E-state index contributed by atoms with van der Waals surface area (Å²) >= 11 is 3.63.